The van der Waals surface area contributed by atoms with Crippen LogP contribution in [0.1, 0.15) is 27.7 Å². The SMILES string of the molecule is N#Cc1ccc(C(=O)NC(C#N)c2ccccc2)nc1. The van der Waals surface area contributed by atoms with Gasteiger partial charge in [-0.05, 0) is 17.7 Å². The Hall–Kier alpha value is -3.18. The van der Waals surface area contributed by atoms with E-state index in [9.17, 15) is 4.79 Å². The lowest BCUT2D eigenvalue weighted by Crippen LogP contribution is -2.28. The molecule has 1 aromatic carbocycles. The van der Waals surface area contributed by atoms with E-state index in [0.29, 0.717) is 11.1 Å². The molecule has 20 heavy (non-hydrogen) atoms. The number of aromatic nitrogens is 1. The van der Waals surface area contributed by atoms with Gasteiger partial charge in [-0.3, -0.25) is 4.79 Å². The van der Waals surface area contributed by atoms with Crippen LogP contribution in [-0.2, 0) is 0 Å². The van der Waals surface area contributed by atoms with Crippen molar-refractivity contribution in [3.63, 3.8) is 0 Å². The predicted molar refractivity (Wildman–Crippen MR) is 71.2 cm³/mol. The molecule has 2 aromatic rings. The summed E-state index contributed by atoms with van der Waals surface area (Å²) in [6.07, 6.45) is 1.32. The monoisotopic (exact) mass is 262 g/mol. The third kappa shape index (κ3) is 2.98. The van der Waals surface area contributed by atoms with Gasteiger partial charge >= 0.3 is 0 Å². The van der Waals surface area contributed by atoms with Crippen molar-refractivity contribution in [2.24, 2.45) is 0 Å². The van der Waals surface area contributed by atoms with Crippen molar-refractivity contribution < 1.29 is 4.79 Å². The number of nitrogens with zero attached hydrogens (tertiary/aromatic N) is 3. The Kier molecular flexibility index (Phi) is 4.06. The highest BCUT2D eigenvalue weighted by molar-refractivity contribution is 5.92. The third-order valence-corrected chi connectivity index (χ3v) is 2.66. The van der Waals surface area contributed by atoms with Gasteiger partial charge < -0.3 is 5.32 Å². The molecule has 1 N–H and O–H groups in total. The van der Waals surface area contributed by atoms with Crippen molar-refractivity contribution in [2.45, 2.75) is 6.04 Å². The zero-order chi connectivity index (χ0) is 14.4. The minimum absolute atomic E-state index is 0.167. The molecule has 0 saturated heterocycles. The van der Waals surface area contributed by atoms with Crippen molar-refractivity contribution in [1.82, 2.24) is 10.3 Å². The maximum atomic E-state index is 12.0. The standard InChI is InChI=1S/C15H10N4O/c16-8-11-6-7-13(18-10-11)15(20)19-14(9-17)12-4-2-1-3-5-12/h1-7,10,14H,(H,19,20). The van der Waals surface area contributed by atoms with Crippen molar-refractivity contribution in [3.05, 3.63) is 65.5 Å². The Balaban J connectivity index is 2.14. The van der Waals surface area contributed by atoms with Gasteiger partial charge in [-0.1, -0.05) is 30.3 Å². The Labute approximate surface area is 116 Å². The first-order valence-electron chi connectivity index (χ1n) is 5.86. The Morgan fingerprint density at radius 2 is 1.90 bits per heavy atom. The van der Waals surface area contributed by atoms with Crippen LogP contribution in [0, 0.1) is 22.7 Å². The molecule has 1 aromatic heterocycles. The van der Waals surface area contributed by atoms with Crippen molar-refractivity contribution in [3.8, 4) is 12.1 Å². The first-order valence-corrected chi connectivity index (χ1v) is 5.86. The van der Waals surface area contributed by atoms with Gasteiger partial charge in [0.05, 0.1) is 11.6 Å². The zero-order valence-electron chi connectivity index (χ0n) is 10.4. The number of nitrogens with one attached hydrogen (secondary N) is 1. The van der Waals surface area contributed by atoms with Crippen LogP contribution in [0.15, 0.2) is 48.7 Å². The second kappa shape index (κ2) is 6.12. The number of hydrogen-bond acceptors (Lipinski definition) is 4. The van der Waals surface area contributed by atoms with Crippen LogP contribution in [0.25, 0.3) is 0 Å². The Morgan fingerprint density at radius 3 is 2.45 bits per heavy atom. The van der Waals surface area contributed by atoms with E-state index in [-0.39, 0.29) is 5.69 Å². The summed E-state index contributed by atoms with van der Waals surface area (Å²) in [6, 6.07) is 15.1. The average molecular weight is 262 g/mol. The number of carbonyl (C=O) groups excluding carboxylic acids is 1. The largest absolute Gasteiger partial charge is 0.331 e. The summed E-state index contributed by atoms with van der Waals surface area (Å²) in [6.45, 7) is 0. The van der Waals surface area contributed by atoms with Crippen LogP contribution < -0.4 is 5.32 Å². The number of nitriles is 2. The van der Waals surface area contributed by atoms with Crippen LogP contribution in [0.4, 0.5) is 0 Å². The summed E-state index contributed by atoms with van der Waals surface area (Å²) in [7, 11) is 0. The Bertz CT molecular complexity index is 681. The molecule has 0 aliphatic rings. The molecule has 0 fully saturated rings. The van der Waals surface area contributed by atoms with Gasteiger partial charge in [0.15, 0.2) is 0 Å². The van der Waals surface area contributed by atoms with E-state index in [4.69, 9.17) is 10.5 Å². The first-order chi connectivity index (χ1) is 9.74. The van der Waals surface area contributed by atoms with Crippen molar-refractivity contribution in [1.29, 1.82) is 10.5 Å². The van der Waals surface area contributed by atoms with E-state index in [1.165, 1.54) is 18.3 Å². The van der Waals surface area contributed by atoms with Crippen LogP contribution in [0.5, 0.6) is 0 Å². The molecule has 1 unspecified atom stereocenters. The van der Waals surface area contributed by atoms with Crippen LogP contribution in [0.2, 0.25) is 0 Å². The smallest absolute Gasteiger partial charge is 0.271 e. The van der Waals surface area contributed by atoms with Crippen LogP contribution in [0.3, 0.4) is 0 Å². The van der Waals surface area contributed by atoms with E-state index in [1.807, 2.05) is 18.2 Å². The molecule has 0 aliphatic carbocycles. The normalized spacial score (nSPS) is 10.9. The minimum Gasteiger partial charge on any atom is -0.331 e. The fourth-order valence-corrected chi connectivity index (χ4v) is 1.63. The topological polar surface area (TPSA) is 89.6 Å². The Morgan fingerprint density at radius 1 is 1.15 bits per heavy atom. The van der Waals surface area contributed by atoms with E-state index in [0.717, 1.165) is 0 Å². The second-order valence-corrected chi connectivity index (χ2v) is 3.99. The number of amides is 1. The van der Waals surface area contributed by atoms with Crippen LogP contribution in [-0.4, -0.2) is 10.9 Å². The lowest BCUT2D eigenvalue weighted by molar-refractivity contribution is 0.0940. The van der Waals surface area contributed by atoms with Gasteiger partial charge in [-0.2, -0.15) is 10.5 Å². The van der Waals surface area contributed by atoms with E-state index < -0.39 is 11.9 Å². The molecule has 2 rings (SSSR count). The highest BCUT2D eigenvalue weighted by Gasteiger charge is 2.15. The molecule has 1 amide bonds. The molecular weight excluding hydrogens is 252 g/mol. The summed E-state index contributed by atoms with van der Waals surface area (Å²) in [4.78, 5) is 15.9. The summed E-state index contributed by atoms with van der Waals surface area (Å²) >= 11 is 0. The van der Waals surface area contributed by atoms with Gasteiger partial charge in [0.2, 0.25) is 0 Å². The second-order valence-electron chi connectivity index (χ2n) is 3.99. The molecule has 5 nitrogen and oxygen atoms in total. The average Bonchev–Trinajstić information content (AvgIpc) is 2.53. The molecule has 0 aliphatic heterocycles. The summed E-state index contributed by atoms with van der Waals surface area (Å²) in [5.41, 5.74) is 1.25. The fraction of sp³-hybridized carbons (Fsp3) is 0.0667. The van der Waals surface area contributed by atoms with E-state index in [1.54, 1.807) is 24.3 Å². The highest BCUT2D eigenvalue weighted by Crippen LogP contribution is 2.12. The number of pyridine rings is 1. The quantitative estimate of drug-likeness (QED) is 0.915. The first kappa shape index (κ1) is 13.3. The van der Waals surface area contributed by atoms with Crippen molar-refractivity contribution >= 4 is 5.91 Å². The lowest BCUT2D eigenvalue weighted by Gasteiger charge is -2.11. The van der Waals surface area contributed by atoms with Gasteiger partial charge in [0.25, 0.3) is 5.91 Å². The molecule has 5 heteroatoms. The highest BCUT2D eigenvalue weighted by atomic mass is 16.1. The van der Waals surface area contributed by atoms with Gasteiger partial charge in [-0.15, -0.1) is 0 Å². The number of benzene rings is 1. The van der Waals surface area contributed by atoms with Gasteiger partial charge in [0.1, 0.15) is 17.8 Å². The minimum atomic E-state index is -0.735. The maximum absolute atomic E-state index is 12.0. The summed E-state index contributed by atoms with van der Waals surface area (Å²) in [5.74, 6) is -0.454. The van der Waals surface area contributed by atoms with E-state index >= 15 is 0 Å². The lowest BCUT2D eigenvalue weighted by atomic mass is 10.1. The number of hydrogen-bond donors (Lipinski definition) is 1. The van der Waals surface area contributed by atoms with Crippen LogP contribution >= 0.6 is 0 Å². The maximum Gasteiger partial charge on any atom is 0.271 e. The van der Waals surface area contributed by atoms with E-state index in [2.05, 4.69) is 10.3 Å². The molecule has 0 spiro atoms. The van der Waals surface area contributed by atoms with Crippen molar-refractivity contribution in [2.75, 3.05) is 0 Å². The van der Waals surface area contributed by atoms with Gasteiger partial charge in [-0.25, -0.2) is 4.98 Å². The molecule has 1 atom stereocenters. The molecule has 0 bridgehead atoms. The molecule has 96 valence electrons. The molecule has 0 radical (unpaired) electrons. The molecule has 1 heterocycles. The number of carbonyl (C=O) groups is 1. The summed E-state index contributed by atoms with van der Waals surface area (Å²) < 4.78 is 0. The number of rotatable bonds is 3. The zero-order valence-corrected chi connectivity index (χ0v) is 10.4. The van der Waals surface area contributed by atoms with Gasteiger partial charge in [0, 0.05) is 6.20 Å². The molecular formula is C15H10N4O. The predicted octanol–water partition coefficient (Wildman–Crippen LogP) is 1.95. The fourth-order valence-electron chi connectivity index (χ4n) is 1.63. The molecule has 0 saturated carbocycles. The summed E-state index contributed by atoms with van der Waals surface area (Å²) in [5, 5.41) is 20.4. The third-order valence-electron chi connectivity index (χ3n) is 2.66.